The molecule has 2 aromatic carbocycles. The lowest BCUT2D eigenvalue weighted by Gasteiger charge is -2.25. The second kappa shape index (κ2) is 8.84. The van der Waals surface area contributed by atoms with Crippen molar-refractivity contribution < 1.29 is 17.6 Å². The Morgan fingerprint density at radius 2 is 1.86 bits per heavy atom. The summed E-state index contributed by atoms with van der Waals surface area (Å²) >= 11 is 0. The van der Waals surface area contributed by atoms with E-state index in [1.165, 1.54) is 23.8 Å². The molecule has 0 aromatic heterocycles. The number of carbonyl (C=O) groups excluding carboxylic acids is 1. The molecule has 0 radical (unpaired) electrons. The molecule has 3 rings (SSSR count). The van der Waals surface area contributed by atoms with Gasteiger partial charge in [0.1, 0.15) is 16.8 Å². The first-order valence-corrected chi connectivity index (χ1v) is 10.9. The number of nitrogens with one attached hydrogen (secondary N) is 1. The van der Waals surface area contributed by atoms with Crippen LogP contribution < -0.4 is 5.32 Å². The van der Waals surface area contributed by atoms with E-state index >= 15 is 0 Å². The quantitative estimate of drug-likeness (QED) is 0.771. The Hall–Kier alpha value is -2.25. The van der Waals surface area contributed by atoms with E-state index in [2.05, 4.69) is 5.32 Å². The van der Waals surface area contributed by atoms with E-state index in [4.69, 9.17) is 0 Å². The van der Waals surface area contributed by atoms with E-state index in [-0.39, 0.29) is 23.4 Å². The van der Waals surface area contributed by atoms with Crippen molar-refractivity contribution >= 4 is 15.9 Å². The lowest BCUT2D eigenvalue weighted by molar-refractivity contribution is -0.124. The number of nitrogens with zero attached hydrogens (tertiary/aromatic N) is 1. The summed E-state index contributed by atoms with van der Waals surface area (Å²) in [5, 5.41) is 2.92. The first kappa shape index (κ1) is 20.5. The fraction of sp³-hybridized carbons (Fsp3) is 0.381. The maximum Gasteiger partial charge on any atom is 0.246 e. The number of amides is 1. The number of rotatable bonds is 7. The molecule has 1 aliphatic rings. The highest BCUT2D eigenvalue weighted by molar-refractivity contribution is 7.89. The molecular weight excluding hydrogens is 379 g/mol. The minimum Gasteiger partial charge on any atom is -0.352 e. The zero-order chi connectivity index (χ0) is 20.1. The SMILES string of the molecule is CC(CCc1ccccc1)NC(=O)C1CCCN1S(=O)(=O)c1ccccc1F. The molecule has 2 unspecified atom stereocenters. The first-order chi connectivity index (χ1) is 13.4. The van der Waals surface area contributed by atoms with Crippen LogP contribution >= 0.6 is 0 Å². The molecule has 150 valence electrons. The molecule has 2 aromatic rings. The monoisotopic (exact) mass is 404 g/mol. The van der Waals surface area contributed by atoms with Crippen molar-refractivity contribution in [2.75, 3.05) is 6.54 Å². The van der Waals surface area contributed by atoms with Gasteiger partial charge >= 0.3 is 0 Å². The van der Waals surface area contributed by atoms with Crippen LogP contribution in [0.1, 0.15) is 31.7 Å². The van der Waals surface area contributed by atoms with E-state index < -0.39 is 21.9 Å². The summed E-state index contributed by atoms with van der Waals surface area (Å²) in [5.41, 5.74) is 1.19. The maximum absolute atomic E-state index is 14.0. The summed E-state index contributed by atoms with van der Waals surface area (Å²) < 4.78 is 40.9. The van der Waals surface area contributed by atoms with Crippen molar-refractivity contribution in [2.45, 2.75) is 49.6 Å². The van der Waals surface area contributed by atoms with Crippen molar-refractivity contribution in [3.05, 3.63) is 66.0 Å². The van der Waals surface area contributed by atoms with E-state index in [1.54, 1.807) is 0 Å². The summed E-state index contributed by atoms with van der Waals surface area (Å²) in [6.45, 7) is 2.12. The van der Waals surface area contributed by atoms with Crippen LogP contribution in [-0.2, 0) is 21.2 Å². The molecule has 0 bridgehead atoms. The number of halogens is 1. The molecule has 1 aliphatic heterocycles. The van der Waals surface area contributed by atoms with Gasteiger partial charge in [-0.3, -0.25) is 4.79 Å². The molecule has 2 atom stereocenters. The number of carbonyl (C=O) groups is 1. The summed E-state index contributed by atoms with van der Waals surface area (Å²) in [7, 11) is -4.06. The molecule has 1 N–H and O–H groups in total. The van der Waals surface area contributed by atoms with E-state index in [0.29, 0.717) is 12.8 Å². The van der Waals surface area contributed by atoms with Gasteiger partial charge in [-0.25, -0.2) is 12.8 Å². The predicted molar refractivity (Wildman–Crippen MR) is 106 cm³/mol. The van der Waals surface area contributed by atoms with Crippen LogP contribution in [0.15, 0.2) is 59.5 Å². The van der Waals surface area contributed by atoms with Gasteiger partial charge in [0.25, 0.3) is 0 Å². The van der Waals surface area contributed by atoms with Gasteiger partial charge in [-0.1, -0.05) is 42.5 Å². The van der Waals surface area contributed by atoms with Crippen molar-refractivity contribution in [3.63, 3.8) is 0 Å². The van der Waals surface area contributed by atoms with Gasteiger partial charge in [-0.05, 0) is 50.3 Å². The second-order valence-electron chi connectivity index (χ2n) is 7.14. The smallest absolute Gasteiger partial charge is 0.246 e. The second-order valence-corrected chi connectivity index (χ2v) is 9.00. The largest absolute Gasteiger partial charge is 0.352 e. The van der Waals surface area contributed by atoms with Gasteiger partial charge in [-0.2, -0.15) is 4.31 Å². The Kier molecular flexibility index (Phi) is 6.46. The van der Waals surface area contributed by atoms with Crippen molar-refractivity contribution in [2.24, 2.45) is 0 Å². The zero-order valence-corrected chi connectivity index (χ0v) is 16.7. The summed E-state index contributed by atoms with van der Waals surface area (Å²) in [6, 6.07) is 14.4. The Morgan fingerprint density at radius 1 is 1.18 bits per heavy atom. The third-order valence-corrected chi connectivity index (χ3v) is 6.97. The average Bonchev–Trinajstić information content (AvgIpc) is 3.18. The molecular formula is C21H25FN2O3S. The third kappa shape index (κ3) is 4.59. The molecule has 1 heterocycles. The van der Waals surface area contributed by atoms with Gasteiger partial charge in [0, 0.05) is 12.6 Å². The fourth-order valence-corrected chi connectivity index (χ4v) is 5.23. The molecule has 28 heavy (non-hydrogen) atoms. The van der Waals surface area contributed by atoms with E-state index in [1.807, 2.05) is 37.3 Å². The van der Waals surface area contributed by atoms with E-state index in [9.17, 15) is 17.6 Å². The zero-order valence-electron chi connectivity index (χ0n) is 15.8. The van der Waals surface area contributed by atoms with Crippen molar-refractivity contribution in [1.82, 2.24) is 9.62 Å². The first-order valence-electron chi connectivity index (χ1n) is 9.50. The molecule has 1 saturated heterocycles. The fourth-order valence-electron chi connectivity index (χ4n) is 3.51. The number of sulfonamides is 1. The van der Waals surface area contributed by atoms with Crippen LogP contribution in [0.4, 0.5) is 4.39 Å². The van der Waals surface area contributed by atoms with E-state index in [0.717, 1.165) is 23.2 Å². The number of aryl methyl sites for hydroxylation is 1. The van der Waals surface area contributed by atoms with Crippen molar-refractivity contribution in [1.29, 1.82) is 0 Å². The molecule has 7 heteroatoms. The normalized spacial score (nSPS) is 18.7. The molecule has 0 aliphatic carbocycles. The molecule has 1 fully saturated rings. The predicted octanol–water partition coefficient (Wildman–Crippen LogP) is 3.12. The lowest BCUT2D eigenvalue weighted by Crippen LogP contribution is -2.48. The highest BCUT2D eigenvalue weighted by Gasteiger charge is 2.40. The number of benzene rings is 2. The standard InChI is InChI=1S/C21H25FN2O3S/c1-16(13-14-17-8-3-2-4-9-17)23-21(25)19-11-7-15-24(19)28(26,27)20-12-6-5-10-18(20)22/h2-6,8-10,12,16,19H,7,11,13-15H2,1H3,(H,23,25). The Morgan fingerprint density at radius 3 is 2.57 bits per heavy atom. The maximum atomic E-state index is 14.0. The molecule has 1 amide bonds. The van der Waals surface area contributed by atoms with Gasteiger partial charge in [0.05, 0.1) is 0 Å². The highest BCUT2D eigenvalue weighted by Crippen LogP contribution is 2.27. The summed E-state index contributed by atoms with van der Waals surface area (Å²) in [5.74, 6) is -1.12. The number of hydrogen-bond acceptors (Lipinski definition) is 3. The average molecular weight is 405 g/mol. The Labute approximate surface area is 165 Å². The van der Waals surface area contributed by atoms with Crippen molar-refractivity contribution in [3.8, 4) is 0 Å². The minimum absolute atomic E-state index is 0.0914. The van der Waals surface area contributed by atoms with Gasteiger partial charge < -0.3 is 5.32 Å². The van der Waals surface area contributed by atoms with Crippen LogP contribution in [0.2, 0.25) is 0 Å². The highest BCUT2D eigenvalue weighted by atomic mass is 32.2. The summed E-state index contributed by atoms with van der Waals surface area (Å²) in [4.78, 5) is 12.3. The third-order valence-electron chi connectivity index (χ3n) is 5.03. The molecule has 5 nitrogen and oxygen atoms in total. The Balaban J connectivity index is 1.65. The van der Waals surface area contributed by atoms with Crippen LogP contribution in [0.3, 0.4) is 0 Å². The topological polar surface area (TPSA) is 66.5 Å². The van der Waals surface area contributed by atoms with Crippen LogP contribution in [0.5, 0.6) is 0 Å². The van der Waals surface area contributed by atoms with Crippen LogP contribution in [0.25, 0.3) is 0 Å². The van der Waals surface area contributed by atoms with Gasteiger partial charge in [0.2, 0.25) is 15.9 Å². The lowest BCUT2D eigenvalue weighted by atomic mass is 10.1. The minimum atomic E-state index is -4.06. The van der Waals surface area contributed by atoms with Gasteiger partial charge in [0.15, 0.2) is 0 Å². The Bertz CT molecular complexity index is 918. The molecule has 0 saturated carbocycles. The number of hydrogen-bond donors (Lipinski definition) is 1. The van der Waals surface area contributed by atoms with Gasteiger partial charge in [-0.15, -0.1) is 0 Å². The van der Waals surface area contributed by atoms with Crippen LogP contribution in [-0.4, -0.2) is 37.3 Å². The summed E-state index contributed by atoms with van der Waals surface area (Å²) in [6.07, 6.45) is 2.59. The molecule has 0 spiro atoms. The van der Waals surface area contributed by atoms with Crippen LogP contribution in [0, 0.1) is 5.82 Å².